The highest BCUT2D eigenvalue weighted by molar-refractivity contribution is 6.32. The van der Waals surface area contributed by atoms with Gasteiger partial charge in [-0.15, -0.1) is 0 Å². The number of hydrogen-bond donors (Lipinski definition) is 1. The Morgan fingerprint density at radius 2 is 1.97 bits per heavy atom. The zero-order valence-corrected chi connectivity index (χ0v) is 17.4. The molecule has 2 N–H and O–H groups in total. The second-order valence-electron chi connectivity index (χ2n) is 7.72. The molecule has 6 nitrogen and oxygen atoms in total. The maximum absolute atomic E-state index is 6.32. The minimum Gasteiger partial charge on any atom is -0.489 e. The molecule has 2 heterocycles. The number of ether oxygens (including phenoxy) is 1. The third-order valence-electron chi connectivity index (χ3n) is 4.89. The van der Waals surface area contributed by atoms with Crippen molar-refractivity contribution >= 4 is 11.6 Å². The first-order valence-corrected chi connectivity index (χ1v) is 10.2. The monoisotopic (exact) mass is 412 g/mol. The summed E-state index contributed by atoms with van der Waals surface area (Å²) < 4.78 is 11.1. The lowest BCUT2D eigenvalue weighted by Gasteiger charge is -2.15. The maximum Gasteiger partial charge on any atom is 0.258 e. The summed E-state index contributed by atoms with van der Waals surface area (Å²) in [5, 5.41) is 4.62. The van der Waals surface area contributed by atoms with Gasteiger partial charge in [-0.1, -0.05) is 28.9 Å². The third kappa shape index (κ3) is 4.78. The van der Waals surface area contributed by atoms with Gasteiger partial charge in [-0.05, 0) is 56.2 Å². The molecule has 2 aromatic carbocycles. The summed E-state index contributed by atoms with van der Waals surface area (Å²) in [5.74, 6) is 1.62. The molecule has 152 valence electrons. The summed E-state index contributed by atoms with van der Waals surface area (Å²) in [4.78, 5) is 6.90. The Labute approximate surface area is 175 Å². The van der Waals surface area contributed by atoms with Crippen molar-refractivity contribution in [1.29, 1.82) is 0 Å². The average molecular weight is 413 g/mol. The van der Waals surface area contributed by atoms with Crippen LogP contribution in [0.5, 0.6) is 5.75 Å². The number of benzene rings is 2. The quantitative estimate of drug-likeness (QED) is 0.647. The smallest absolute Gasteiger partial charge is 0.258 e. The van der Waals surface area contributed by atoms with Crippen LogP contribution in [0.4, 0.5) is 0 Å². The van der Waals surface area contributed by atoms with Crippen molar-refractivity contribution in [3.8, 4) is 28.6 Å². The Hall–Kier alpha value is -2.41. The first-order valence-electron chi connectivity index (χ1n) is 9.85. The summed E-state index contributed by atoms with van der Waals surface area (Å²) in [6.45, 7) is 6.84. The molecule has 0 radical (unpaired) electrons. The van der Waals surface area contributed by atoms with Gasteiger partial charge >= 0.3 is 0 Å². The van der Waals surface area contributed by atoms with Crippen LogP contribution in [0.1, 0.15) is 25.8 Å². The molecule has 0 amide bonds. The summed E-state index contributed by atoms with van der Waals surface area (Å²) in [6, 6.07) is 14.0. The summed E-state index contributed by atoms with van der Waals surface area (Å²) >= 11 is 6.32. The highest BCUT2D eigenvalue weighted by Crippen LogP contribution is 2.31. The lowest BCUT2D eigenvalue weighted by atomic mass is 10.1. The van der Waals surface area contributed by atoms with Gasteiger partial charge in [-0.2, -0.15) is 4.98 Å². The molecule has 1 aromatic heterocycles. The molecule has 1 saturated heterocycles. The molecule has 0 aliphatic carbocycles. The molecule has 3 aromatic rings. The first-order chi connectivity index (χ1) is 14.0. The van der Waals surface area contributed by atoms with Gasteiger partial charge in [-0.3, -0.25) is 4.90 Å². The molecule has 7 heteroatoms. The lowest BCUT2D eigenvalue weighted by molar-refractivity contribution is 0.242. The van der Waals surface area contributed by atoms with E-state index in [2.05, 4.69) is 27.2 Å². The van der Waals surface area contributed by atoms with E-state index in [1.165, 1.54) is 5.56 Å². The molecule has 1 unspecified atom stereocenters. The van der Waals surface area contributed by atoms with Crippen LogP contribution >= 0.6 is 11.6 Å². The third-order valence-corrected chi connectivity index (χ3v) is 5.19. The van der Waals surface area contributed by atoms with E-state index in [0.29, 0.717) is 28.5 Å². The van der Waals surface area contributed by atoms with E-state index in [9.17, 15) is 0 Å². The van der Waals surface area contributed by atoms with Crippen molar-refractivity contribution in [2.45, 2.75) is 39.0 Å². The van der Waals surface area contributed by atoms with Crippen LogP contribution in [-0.2, 0) is 6.54 Å². The standard InChI is InChI=1S/C22H25ClN4O2/c1-14(2)28-20-8-7-17(11-19(20)23)21-25-22(29-26-21)16-5-3-15(4-6-16)12-27-10-9-18(24)13-27/h3-8,11,14,18H,9-10,12-13,24H2,1-2H3. The van der Waals surface area contributed by atoms with Gasteiger partial charge in [0, 0.05) is 36.8 Å². The van der Waals surface area contributed by atoms with Crippen molar-refractivity contribution in [2.24, 2.45) is 5.73 Å². The Morgan fingerprint density at radius 1 is 1.21 bits per heavy atom. The Bertz CT molecular complexity index is 971. The SMILES string of the molecule is CC(C)Oc1ccc(-c2noc(-c3ccc(CN4CCC(N)C4)cc3)n2)cc1Cl. The number of rotatable bonds is 6. The topological polar surface area (TPSA) is 77.4 Å². The molecule has 0 spiro atoms. The Morgan fingerprint density at radius 3 is 2.62 bits per heavy atom. The van der Waals surface area contributed by atoms with Crippen LogP contribution in [0.2, 0.25) is 5.02 Å². The Kier molecular flexibility index (Phi) is 5.85. The minimum atomic E-state index is 0.0558. The van der Waals surface area contributed by atoms with E-state index in [1.54, 1.807) is 6.07 Å². The largest absolute Gasteiger partial charge is 0.489 e. The minimum absolute atomic E-state index is 0.0558. The fraction of sp³-hybridized carbons (Fsp3) is 0.364. The highest BCUT2D eigenvalue weighted by atomic mass is 35.5. The van der Waals surface area contributed by atoms with E-state index >= 15 is 0 Å². The lowest BCUT2D eigenvalue weighted by Crippen LogP contribution is -2.26. The van der Waals surface area contributed by atoms with E-state index in [0.717, 1.165) is 37.2 Å². The number of hydrogen-bond acceptors (Lipinski definition) is 6. The molecular formula is C22H25ClN4O2. The van der Waals surface area contributed by atoms with Crippen LogP contribution in [0.3, 0.4) is 0 Å². The maximum atomic E-state index is 6.32. The number of likely N-dealkylation sites (tertiary alicyclic amines) is 1. The van der Waals surface area contributed by atoms with Crippen LogP contribution in [0.25, 0.3) is 22.8 Å². The second-order valence-corrected chi connectivity index (χ2v) is 8.12. The molecule has 0 saturated carbocycles. The van der Waals surface area contributed by atoms with E-state index in [1.807, 2.05) is 38.1 Å². The van der Waals surface area contributed by atoms with E-state index in [4.69, 9.17) is 26.6 Å². The van der Waals surface area contributed by atoms with Gasteiger partial charge in [0.2, 0.25) is 5.82 Å². The first kappa shape index (κ1) is 19.9. The summed E-state index contributed by atoms with van der Waals surface area (Å²) in [7, 11) is 0. The van der Waals surface area contributed by atoms with Gasteiger partial charge in [0.1, 0.15) is 5.75 Å². The van der Waals surface area contributed by atoms with Crippen molar-refractivity contribution in [1.82, 2.24) is 15.0 Å². The van der Waals surface area contributed by atoms with Crippen molar-refractivity contribution in [3.63, 3.8) is 0 Å². The number of halogens is 1. The zero-order chi connectivity index (χ0) is 20.4. The fourth-order valence-corrected chi connectivity index (χ4v) is 3.69. The second kappa shape index (κ2) is 8.53. The van der Waals surface area contributed by atoms with Gasteiger partial charge in [0.05, 0.1) is 11.1 Å². The highest BCUT2D eigenvalue weighted by Gasteiger charge is 2.19. The Balaban J connectivity index is 1.47. The number of nitrogens with two attached hydrogens (primary N) is 1. The number of nitrogens with zero attached hydrogens (tertiary/aromatic N) is 3. The van der Waals surface area contributed by atoms with Gasteiger partial charge in [-0.25, -0.2) is 0 Å². The van der Waals surface area contributed by atoms with Gasteiger partial charge in [0.15, 0.2) is 0 Å². The molecule has 1 atom stereocenters. The molecule has 1 aliphatic rings. The summed E-state index contributed by atoms with van der Waals surface area (Å²) in [6.07, 6.45) is 1.12. The predicted molar refractivity (Wildman–Crippen MR) is 114 cm³/mol. The van der Waals surface area contributed by atoms with Gasteiger partial charge < -0.3 is 15.0 Å². The van der Waals surface area contributed by atoms with Crippen LogP contribution in [0.15, 0.2) is 47.0 Å². The fourth-order valence-electron chi connectivity index (χ4n) is 3.46. The molecule has 4 rings (SSSR count). The zero-order valence-electron chi connectivity index (χ0n) is 16.6. The van der Waals surface area contributed by atoms with Crippen LogP contribution in [-0.4, -0.2) is 40.3 Å². The van der Waals surface area contributed by atoms with E-state index in [-0.39, 0.29) is 6.10 Å². The van der Waals surface area contributed by atoms with Crippen molar-refractivity contribution in [2.75, 3.05) is 13.1 Å². The van der Waals surface area contributed by atoms with Crippen LogP contribution in [0, 0.1) is 0 Å². The molecular weight excluding hydrogens is 388 g/mol. The van der Waals surface area contributed by atoms with Gasteiger partial charge in [0.25, 0.3) is 5.89 Å². The normalized spacial score (nSPS) is 17.2. The van der Waals surface area contributed by atoms with Crippen LogP contribution < -0.4 is 10.5 Å². The molecule has 1 fully saturated rings. The summed E-state index contributed by atoms with van der Waals surface area (Å²) in [5.41, 5.74) is 8.90. The van der Waals surface area contributed by atoms with Crippen molar-refractivity contribution in [3.05, 3.63) is 53.1 Å². The van der Waals surface area contributed by atoms with E-state index < -0.39 is 0 Å². The molecule has 0 bridgehead atoms. The predicted octanol–water partition coefficient (Wildman–Crippen LogP) is 4.38. The number of aromatic nitrogens is 2. The molecule has 29 heavy (non-hydrogen) atoms. The molecule has 1 aliphatic heterocycles. The average Bonchev–Trinajstić information content (AvgIpc) is 3.33. The van der Waals surface area contributed by atoms with Crippen molar-refractivity contribution < 1.29 is 9.26 Å².